The lowest BCUT2D eigenvalue weighted by Crippen LogP contribution is -2.34. The van der Waals surface area contributed by atoms with Crippen molar-refractivity contribution in [3.63, 3.8) is 0 Å². The molecule has 8 heteroatoms. The molecule has 3 aromatic heterocycles. The molecule has 25 heavy (non-hydrogen) atoms. The average Bonchev–Trinajstić information content (AvgIpc) is 3.11. The van der Waals surface area contributed by atoms with E-state index in [0.717, 1.165) is 48.0 Å². The second-order valence-corrected chi connectivity index (χ2v) is 6.95. The van der Waals surface area contributed by atoms with Gasteiger partial charge in [0.15, 0.2) is 11.3 Å². The number of nitrogens with one attached hydrogen (secondary N) is 2. The van der Waals surface area contributed by atoms with Crippen LogP contribution in [0.1, 0.15) is 25.1 Å². The molecule has 1 amide bonds. The van der Waals surface area contributed by atoms with Crippen LogP contribution in [0.2, 0.25) is 0 Å². The second-order valence-electron chi connectivity index (χ2n) is 6.95. The number of rotatable bonds is 3. The van der Waals surface area contributed by atoms with Crippen LogP contribution < -0.4 is 10.2 Å². The Balaban J connectivity index is 1.53. The number of carbonyl (C=O) groups is 1. The third-order valence-electron chi connectivity index (χ3n) is 5.00. The van der Waals surface area contributed by atoms with Gasteiger partial charge in [-0.3, -0.25) is 4.79 Å². The second kappa shape index (κ2) is 5.37. The van der Waals surface area contributed by atoms with Crippen molar-refractivity contribution in [2.24, 2.45) is 5.92 Å². The van der Waals surface area contributed by atoms with Crippen LogP contribution in [-0.4, -0.2) is 50.2 Å². The number of hydrogen-bond acceptors (Lipinski definition) is 6. The van der Waals surface area contributed by atoms with E-state index in [2.05, 4.69) is 35.4 Å². The minimum absolute atomic E-state index is 0.0161. The number of aromatic nitrogens is 5. The Morgan fingerprint density at radius 1 is 1.28 bits per heavy atom. The summed E-state index contributed by atoms with van der Waals surface area (Å²) in [5, 5.41) is 13.4. The highest BCUT2D eigenvalue weighted by Crippen LogP contribution is 2.32. The van der Waals surface area contributed by atoms with Gasteiger partial charge in [0.1, 0.15) is 11.6 Å². The van der Waals surface area contributed by atoms with Crippen LogP contribution >= 0.6 is 0 Å². The Labute approximate surface area is 144 Å². The van der Waals surface area contributed by atoms with Gasteiger partial charge in [0.25, 0.3) is 0 Å². The predicted octanol–water partition coefficient (Wildman–Crippen LogP) is 1.31. The molecule has 3 aromatic rings. The van der Waals surface area contributed by atoms with Crippen molar-refractivity contribution in [2.75, 3.05) is 18.0 Å². The first-order chi connectivity index (χ1) is 12.2. The molecule has 1 unspecified atom stereocenters. The van der Waals surface area contributed by atoms with E-state index in [-0.39, 0.29) is 11.8 Å². The molecule has 1 aliphatic heterocycles. The maximum absolute atomic E-state index is 12.4. The number of hydrogen-bond donors (Lipinski definition) is 2. The number of H-pyrrole nitrogens is 1. The fraction of sp³-hybridized carbons (Fsp3) is 0.471. The molecule has 5 rings (SSSR count). The molecular weight excluding hydrogens is 318 g/mol. The quantitative estimate of drug-likeness (QED) is 0.747. The third-order valence-corrected chi connectivity index (χ3v) is 5.00. The normalized spacial score (nSPS) is 20.5. The molecular formula is C17H19N7O. The van der Waals surface area contributed by atoms with E-state index in [1.54, 1.807) is 0 Å². The number of fused-ring (bicyclic) bond motifs is 3. The summed E-state index contributed by atoms with van der Waals surface area (Å²) in [6.45, 7) is 3.35. The first-order valence-corrected chi connectivity index (χ1v) is 8.72. The zero-order valence-electron chi connectivity index (χ0n) is 14.0. The molecule has 1 atom stereocenters. The van der Waals surface area contributed by atoms with Crippen molar-refractivity contribution < 1.29 is 4.79 Å². The molecule has 0 aromatic carbocycles. The topological polar surface area (TPSA) is 99.7 Å². The van der Waals surface area contributed by atoms with E-state index < -0.39 is 0 Å². The van der Waals surface area contributed by atoms with Gasteiger partial charge in [-0.05, 0) is 32.3 Å². The lowest BCUT2D eigenvalue weighted by Gasteiger charge is -2.19. The van der Waals surface area contributed by atoms with Crippen LogP contribution in [0.4, 0.5) is 5.82 Å². The summed E-state index contributed by atoms with van der Waals surface area (Å²) in [4.78, 5) is 26.8. The number of aryl methyl sites for hydroxylation is 1. The van der Waals surface area contributed by atoms with Gasteiger partial charge in [0, 0.05) is 30.7 Å². The Hall–Kier alpha value is -2.77. The van der Waals surface area contributed by atoms with Gasteiger partial charge in [0.2, 0.25) is 5.91 Å². The molecule has 2 fully saturated rings. The van der Waals surface area contributed by atoms with Crippen LogP contribution in [0, 0.1) is 12.8 Å². The maximum atomic E-state index is 12.4. The first kappa shape index (κ1) is 14.6. The minimum Gasteiger partial charge on any atom is -0.355 e. The van der Waals surface area contributed by atoms with Crippen molar-refractivity contribution in [3.8, 4) is 0 Å². The zero-order valence-corrected chi connectivity index (χ0v) is 14.0. The van der Waals surface area contributed by atoms with Gasteiger partial charge in [0.05, 0.1) is 11.3 Å². The van der Waals surface area contributed by atoms with Crippen LogP contribution in [0.15, 0.2) is 12.3 Å². The van der Waals surface area contributed by atoms with Crippen molar-refractivity contribution in [2.45, 2.75) is 32.2 Å². The minimum atomic E-state index is 0.0161. The highest BCUT2D eigenvalue weighted by atomic mass is 16.2. The summed E-state index contributed by atoms with van der Waals surface area (Å²) >= 11 is 0. The van der Waals surface area contributed by atoms with E-state index in [1.165, 1.54) is 0 Å². The fourth-order valence-corrected chi connectivity index (χ4v) is 3.54. The molecule has 0 bridgehead atoms. The molecule has 2 aliphatic rings. The molecule has 1 saturated carbocycles. The monoisotopic (exact) mass is 337 g/mol. The molecule has 1 saturated heterocycles. The van der Waals surface area contributed by atoms with Gasteiger partial charge in [-0.15, -0.1) is 10.2 Å². The van der Waals surface area contributed by atoms with E-state index in [9.17, 15) is 4.79 Å². The Kier molecular flexibility index (Phi) is 3.13. The van der Waals surface area contributed by atoms with Crippen molar-refractivity contribution >= 4 is 33.8 Å². The average molecular weight is 337 g/mol. The summed E-state index contributed by atoms with van der Waals surface area (Å²) in [6, 6.07) is 2.38. The summed E-state index contributed by atoms with van der Waals surface area (Å²) in [5.74, 6) is 1.70. The van der Waals surface area contributed by atoms with Gasteiger partial charge in [-0.25, -0.2) is 9.97 Å². The highest BCUT2D eigenvalue weighted by Gasteiger charge is 2.33. The number of amides is 1. The maximum Gasteiger partial charge on any atom is 0.225 e. The molecule has 8 nitrogen and oxygen atoms in total. The third kappa shape index (κ3) is 2.48. The number of anilines is 1. The Bertz CT molecular complexity index is 978. The SMILES string of the molecule is Cc1nc(N2CCC(C(=O)NC3CC3)C2)c2c(nnc3[nH]ccc32)n1. The predicted molar refractivity (Wildman–Crippen MR) is 93.2 cm³/mol. The van der Waals surface area contributed by atoms with Gasteiger partial charge >= 0.3 is 0 Å². The van der Waals surface area contributed by atoms with Crippen LogP contribution in [-0.2, 0) is 4.79 Å². The van der Waals surface area contributed by atoms with Gasteiger partial charge in [-0.1, -0.05) is 0 Å². The summed E-state index contributed by atoms with van der Waals surface area (Å²) in [5.41, 5.74) is 1.32. The van der Waals surface area contributed by atoms with Crippen molar-refractivity contribution in [1.29, 1.82) is 0 Å². The molecule has 0 spiro atoms. The first-order valence-electron chi connectivity index (χ1n) is 8.72. The van der Waals surface area contributed by atoms with Crippen LogP contribution in [0.5, 0.6) is 0 Å². The standard InChI is InChI=1S/C17H19N7O/c1-9-19-15-13(12-4-6-18-14(12)22-23-15)16(20-9)24-7-5-10(8-24)17(25)21-11-2-3-11/h4,6,10-11H,2-3,5,7-8H2,1H3,(H,18,22)(H,21,25). The molecule has 2 N–H and O–H groups in total. The highest BCUT2D eigenvalue weighted by molar-refractivity contribution is 6.07. The zero-order chi connectivity index (χ0) is 17.0. The lowest BCUT2D eigenvalue weighted by molar-refractivity contribution is -0.124. The molecule has 1 aliphatic carbocycles. The summed E-state index contributed by atoms with van der Waals surface area (Å²) in [7, 11) is 0. The summed E-state index contributed by atoms with van der Waals surface area (Å²) < 4.78 is 0. The van der Waals surface area contributed by atoms with Crippen LogP contribution in [0.3, 0.4) is 0 Å². The summed E-state index contributed by atoms with van der Waals surface area (Å²) in [6.07, 6.45) is 4.92. The number of carbonyl (C=O) groups excluding carboxylic acids is 1. The number of nitrogens with zero attached hydrogens (tertiary/aromatic N) is 5. The Morgan fingerprint density at radius 2 is 2.16 bits per heavy atom. The van der Waals surface area contributed by atoms with Gasteiger partial charge < -0.3 is 15.2 Å². The van der Waals surface area contributed by atoms with E-state index in [4.69, 9.17) is 0 Å². The van der Waals surface area contributed by atoms with E-state index >= 15 is 0 Å². The van der Waals surface area contributed by atoms with E-state index in [0.29, 0.717) is 24.1 Å². The smallest absolute Gasteiger partial charge is 0.225 e. The molecule has 4 heterocycles. The lowest BCUT2D eigenvalue weighted by atomic mass is 10.1. The van der Waals surface area contributed by atoms with Crippen molar-refractivity contribution in [3.05, 3.63) is 18.1 Å². The largest absolute Gasteiger partial charge is 0.355 e. The molecule has 128 valence electrons. The van der Waals surface area contributed by atoms with E-state index in [1.807, 2.05) is 19.2 Å². The fourth-order valence-electron chi connectivity index (χ4n) is 3.54. The number of aromatic amines is 1. The van der Waals surface area contributed by atoms with Crippen molar-refractivity contribution in [1.82, 2.24) is 30.5 Å². The van der Waals surface area contributed by atoms with Crippen LogP contribution in [0.25, 0.3) is 22.1 Å². The van der Waals surface area contributed by atoms with Gasteiger partial charge in [-0.2, -0.15) is 0 Å². The molecule has 0 radical (unpaired) electrons. The Morgan fingerprint density at radius 3 is 3.00 bits per heavy atom.